The monoisotopic (exact) mass is 345 g/mol. The lowest BCUT2D eigenvalue weighted by molar-refractivity contribution is -0.141. The minimum atomic E-state index is -3.09. The molecule has 0 saturated carbocycles. The molecule has 1 aromatic carbocycles. The summed E-state index contributed by atoms with van der Waals surface area (Å²) in [6, 6.07) is 1.53. The summed E-state index contributed by atoms with van der Waals surface area (Å²) >= 11 is 0. The molecule has 0 spiro atoms. The molecule has 1 heterocycles. The summed E-state index contributed by atoms with van der Waals surface area (Å²) < 4.78 is 39.4. The van der Waals surface area contributed by atoms with Crippen LogP contribution >= 0.6 is 0 Å². The number of carbonyl (C=O) groups is 2. The van der Waals surface area contributed by atoms with Crippen LogP contribution in [0.3, 0.4) is 0 Å². The summed E-state index contributed by atoms with van der Waals surface area (Å²) in [4.78, 5) is 25.0. The highest BCUT2D eigenvalue weighted by Gasteiger charge is 2.35. The predicted molar refractivity (Wildman–Crippen MR) is 77.9 cm³/mol. The Balaban J connectivity index is 2.40. The number of benzene rings is 1. The SMILES string of the molecule is COc1cc(C(=O)N2CCCC2C(=O)O)cc(OC)c1OC(F)F. The molecule has 1 atom stereocenters. The van der Waals surface area contributed by atoms with E-state index in [2.05, 4.69) is 4.74 Å². The second-order valence-corrected chi connectivity index (χ2v) is 5.08. The third kappa shape index (κ3) is 3.50. The van der Waals surface area contributed by atoms with E-state index in [1.54, 1.807) is 0 Å². The van der Waals surface area contributed by atoms with E-state index in [1.165, 1.54) is 31.3 Å². The Bertz CT molecular complexity index is 611. The number of rotatable bonds is 6. The first kappa shape index (κ1) is 17.8. The van der Waals surface area contributed by atoms with Gasteiger partial charge in [-0.1, -0.05) is 0 Å². The summed E-state index contributed by atoms with van der Waals surface area (Å²) in [5.41, 5.74) is 0.0680. The molecule has 0 bridgehead atoms. The van der Waals surface area contributed by atoms with Crippen LogP contribution in [0.5, 0.6) is 17.2 Å². The average Bonchev–Trinajstić information content (AvgIpc) is 3.03. The first-order valence-electron chi connectivity index (χ1n) is 7.13. The van der Waals surface area contributed by atoms with Crippen LogP contribution in [-0.2, 0) is 4.79 Å². The van der Waals surface area contributed by atoms with Crippen molar-refractivity contribution in [2.24, 2.45) is 0 Å². The minimum Gasteiger partial charge on any atom is -0.493 e. The van der Waals surface area contributed by atoms with E-state index in [-0.39, 0.29) is 22.8 Å². The van der Waals surface area contributed by atoms with Crippen LogP contribution in [0.15, 0.2) is 12.1 Å². The van der Waals surface area contributed by atoms with Gasteiger partial charge in [-0.2, -0.15) is 8.78 Å². The number of methoxy groups -OCH3 is 2. The predicted octanol–water partition coefficient (Wildman–Crippen LogP) is 1.99. The van der Waals surface area contributed by atoms with Gasteiger partial charge in [-0.05, 0) is 25.0 Å². The highest BCUT2D eigenvalue weighted by molar-refractivity contribution is 5.98. The second kappa shape index (κ2) is 7.33. The molecule has 1 amide bonds. The molecule has 2 rings (SSSR count). The van der Waals surface area contributed by atoms with E-state index in [1.807, 2.05) is 0 Å². The van der Waals surface area contributed by atoms with Crippen LogP contribution in [0.25, 0.3) is 0 Å². The molecule has 1 fully saturated rings. The number of hydrogen-bond donors (Lipinski definition) is 1. The van der Waals surface area contributed by atoms with E-state index in [9.17, 15) is 23.5 Å². The third-order valence-corrected chi connectivity index (χ3v) is 3.71. The maximum atomic E-state index is 12.6. The molecule has 24 heavy (non-hydrogen) atoms. The van der Waals surface area contributed by atoms with Crippen LogP contribution in [0.2, 0.25) is 0 Å². The third-order valence-electron chi connectivity index (χ3n) is 3.71. The van der Waals surface area contributed by atoms with Crippen LogP contribution in [0, 0.1) is 0 Å². The number of halogens is 2. The fourth-order valence-electron chi connectivity index (χ4n) is 2.64. The zero-order valence-corrected chi connectivity index (χ0v) is 13.1. The maximum absolute atomic E-state index is 12.6. The van der Waals surface area contributed by atoms with Gasteiger partial charge in [0.05, 0.1) is 14.2 Å². The lowest BCUT2D eigenvalue weighted by Crippen LogP contribution is -2.40. The topological polar surface area (TPSA) is 85.3 Å². The van der Waals surface area contributed by atoms with E-state index >= 15 is 0 Å². The van der Waals surface area contributed by atoms with Crippen molar-refractivity contribution in [3.05, 3.63) is 17.7 Å². The van der Waals surface area contributed by atoms with Gasteiger partial charge >= 0.3 is 12.6 Å². The molecule has 7 nitrogen and oxygen atoms in total. The van der Waals surface area contributed by atoms with Crippen molar-refractivity contribution in [3.63, 3.8) is 0 Å². The summed E-state index contributed by atoms with van der Waals surface area (Å²) in [6.07, 6.45) is 0.936. The molecular weight excluding hydrogens is 328 g/mol. The fraction of sp³-hybridized carbons (Fsp3) is 0.467. The summed E-state index contributed by atoms with van der Waals surface area (Å²) in [7, 11) is 2.47. The number of carbonyl (C=O) groups excluding carboxylic acids is 1. The standard InChI is InChI=1S/C15H17F2NO6/c1-22-10-6-8(7-11(23-2)12(10)24-15(16)17)13(19)18-5-3-4-9(18)14(20)21/h6-7,9,15H,3-5H2,1-2H3,(H,20,21). The van der Waals surface area contributed by atoms with Gasteiger partial charge in [0.2, 0.25) is 5.75 Å². The second-order valence-electron chi connectivity index (χ2n) is 5.08. The Labute approximate surface area is 136 Å². The smallest absolute Gasteiger partial charge is 0.387 e. The summed E-state index contributed by atoms with van der Waals surface area (Å²) in [5.74, 6) is -2.17. The Morgan fingerprint density at radius 3 is 2.29 bits per heavy atom. The van der Waals surface area contributed by atoms with E-state index in [4.69, 9.17) is 9.47 Å². The molecule has 132 valence electrons. The molecule has 1 unspecified atom stereocenters. The fourth-order valence-corrected chi connectivity index (χ4v) is 2.64. The van der Waals surface area contributed by atoms with Crippen molar-refractivity contribution in [3.8, 4) is 17.2 Å². The minimum absolute atomic E-state index is 0.0680. The number of carboxylic acids is 1. The number of hydrogen-bond acceptors (Lipinski definition) is 5. The molecule has 1 aliphatic heterocycles. The number of nitrogens with zero attached hydrogens (tertiary/aromatic N) is 1. The van der Waals surface area contributed by atoms with Gasteiger partial charge in [-0.3, -0.25) is 4.79 Å². The number of aliphatic carboxylic acids is 1. The normalized spacial score (nSPS) is 17.0. The molecule has 0 radical (unpaired) electrons. The number of ether oxygens (including phenoxy) is 3. The van der Waals surface area contributed by atoms with Crippen molar-refractivity contribution in [1.29, 1.82) is 0 Å². The van der Waals surface area contributed by atoms with Crippen molar-refractivity contribution in [1.82, 2.24) is 4.90 Å². The molecule has 9 heteroatoms. The molecule has 1 N–H and O–H groups in total. The van der Waals surface area contributed by atoms with Gasteiger partial charge in [0.1, 0.15) is 6.04 Å². The van der Waals surface area contributed by atoms with E-state index in [0.29, 0.717) is 19.4 Å². The van der Waals surface area contributed by atoms with Gasteiger partial charge < -0.3 is 24.2 Å². The summed E-state index contributed by atoms with van der Waals surface area (Å²) in [6.45, 7) is -2.79. The number of carboxylic acid groups (broad SMARTS) is 1. The van der Waals surface area contributed by atoms with E-state index < -0.39 is 24.5 Å². The largest absolute Gasteiger partial charge is 0.493 e. The van der Waals surface area contributed by atoms with E-state index in [0.717, 1.165) is 0 Å². The number of amides is 1. The lowest BCUT2D eigenvalue weighted by Gasteiger charge is -2.22. The van der Waals surface area contributed by atoms with Crippen LogP contribution in [-0.4, -0.2) is 55.3 Å². The zero-order valence-electron chi connectivity index (χ0n) is 13.1. The zero-order chi connectivity index (χ0) is 17.9. The van der Waals surface area contributed by atoms with Crippen molar-refractivity contribution < 1.29 is 37.7 Å². The van der Waals surface area contributed by atoms with Gasteiger partial charge in [0, 0.05) is 12.1 Å². The molecule has 1 aromatic rings. The van der Waals surface area contributed by atoms with Gasteiger partial charge in [0.25, 0.3) is 5.91 Å². The van der Waals surface area contributed by atoms with Crippen LogP contribution < -0.4 is 14.2 Å². The Morgan fingerprint density at radius 2 is 1.83 bits per heavy atom. The lowest BCUT2D eigenvalue weighted by atomic mass is 10.1. The van der Waals surface area contributed by atoms with Crippen molar-refractivity contribution >= 4 is 11.9 Å². The summed E-state index contributed by atoms with van der Waals surface area (Å²) in [5, 5.41) is 9.18. The first-order valence-corrected chi connectivity index (χ1v) is 7.13. The molecular formula is C15H17F2NO6. The van der Waals surface area contributed by atoms with Crippen LogP contribution in [0.4, 0.5) is 8.78 Å². The first-order chi connectivity index (χ1) is 11.4. The molecule has 0 aliphatic carbocycles. The number of alkyl halides is 2. The Kier molecular flexibility index (Phi) is 5.42. The van der Waals surface area contributed by atoms with Crippen molar-refractivity contribution in [2.75, 3.05) is 20.8 Å². The quantitative estimate of drug-likeness (QED) is 0.849. The molecule has 0 aromatic heterocycles. The highest BCUT2D eigenvalue weighted by Crippen LogP contribution is 2.40. The highest BCUT2D eigenvalue weighted by atomic mass is 19.3. The molecule has 1 saturated heterocycles. The number of likely N-dealkylation sites (tertiary alicyclic amines) is 1. The van der Waals surface area contributed by atoms with Crippen molar-refractivity contribution in [2.45, 2.75) is 25.5 Å². The maximum Gasteiger partial charge on any atom is 0.387 e. The Hall–Kier alpha value is -2.58. The Morgan fingerprint density at radius 1 is 1.25 bits per heavy atom. The van der Waals surface area contributed by atoms with Gasteiger partial charge in [0.15, 0.2) is 11.5 Å². The average molecular weight is 345 g/mol. The molecule has 1 aliphatic rings. The van der Waals surface area contributed by atoms with Gasteiger partial charge in [-0.25, -0.2) is 4.79 Å². The van der Waals surface area contributed by atoms with Gasteiger partial charge in [-0.15, -0.1) is 0 Å². The van der Waals surface area contributed by atoms with Crippen LogP contribution in [0.1, 0.15) is 23.2 Å².